The van der Waals surface area contributed by atoms with Crippen molar-refractivity contribution in [1.82, 2.24) is 5.32 Å². The molecule has 0 aliphatic rings. The fraction of sp³-hybridized carbons (Fsp3) is 0.714. The van der Waals surface area contributed by atoms with Gasteiger partial charge in [0, 0.05) is 12.7 Å². The van der Waals surface area contributed by atoms with Crippen LogP contribution in [-0.4, -0.2) is 12.3 Å². The van der Waals surface area contributed by atoms with Crippen molar-refractivity contribution in [3.8, 4) is 0 Å². The van der Waals surface area contributed by atoms with Crippen LogP contribution in [0.4, 0.5) is 0 Å². The minimum atomic E-state index is 0.482. The molecule has 0 aromatic heterocycles. The first-order chi connectivity index (χ1) is 4.16. The van der Waals surface area contributed by atoms with E-state index < -0.39 is 0 Å². The molecule has 0 saturated carbocycles. The molecule has 0 amide bonds. The largest absolute Gasteiger partial charge is 0.392 e. The number of thiol groups is 1. The summed E-state index contributed by atoms with van der Waals surface area (Å²) < 4.78 is 0. The topological polar surface area (TPSA) is 12.0 Å². The number of hydrogen-bond acceptors (Lipinski definition) is 2. The predicted molar refractivity (Wildman–Crippen MR) is 45.9 cm³/mol. The van der Waals surface area contributed by atoms with Gasteiger partial charge in [0.15, 0.2) is 0 Å². The van der Waals surface area contributed by atoms with Gasteiger partial charge in [-0.25, -0.2) is 0 Å². The number of rotatable bonds is 4. The number of hydrogen-bond donors (Lipinski definition) is 2. The summed E-state index contributed by atoms with van der Waals surface area (Å²) in [7, 11) is 1.89. The predicted octanol–water partition coefficient (Wildman–Crippen LogP) is 1.82. The lowest BCUT2D eigenvalue weighted by Crippen LogP contribution is -2.05. The van der Waals surface area contributed by atoms with Gasteiger partial charge in [-0.15, -0.1) is 0 Å². The molecule has 0 aliphatic heterocycles. The standard InChI is InChI=1S/C7H15NS/c1-6(8-3)4-5-7(2)9/h7-9H,1,4-5H2,2-3H3. The Bertz CT molecular complexity index is 88.9. The van der Waals surface area contributed by atoms with Crippen molar-refractivity contribution in [2.45, 2.75) is 25.0 Å². The molecule has 0 aliphatic carbocycles. The fourth-order valence-electron chi connectivity index (χ4n) is 0.508. The monoisotopic (exact) mass is 145 g/mol. The average Bonchev–Trinajstić information content (AvgIpc) is 1.83. The molecule has 1 unspecified atom stereocenters. The number of nitrogens with one attached hydrogen (secondary N) is 1. The Labute approximate surface area is 62.9 Å². The molecule has 1 N–H and O–H groups in total. The van der Waals surface area contributed by atoms with Gasteiger partial charge in [0.25, 0.3) is 0 Å². The number of allylic oxidation sites excluding steroid dienone is 1. The minimum Gasteiger partial charge on any atom is -0.392 e. The van der Waals surface area contributed by atoms with Gasteiger partial charge in [0.1, 0.15) is 0 Å². The van der Waals surface area contributed by atoms with Gasteiger partial charge in [-0.1, -0.05) is 13.5 Å². The molecule has 0 rings (SSSR count). The molecule has 54 valence electrons. The molecule has 0 bridgehead atoms. The van der Waals surface area contributed by atoms with Crippen LogP contribution in [0.1, 0.15) is 19.8 Å². The zero-order chi connectivity index (χ0) is 7.28. The van der Waals surface area contributed by atoms with Crippen molar-refractivity contribution in [1.29, 1.82) is 0 Å². The molecule has 1 atom stereocenters. The van der Waals surface area contributed by atoms with Crippen molar-refractivity contribution in [3.63, 3.8) is 0 Å². The van der Waals surface area contributed by atoms with E-state index in [0.717, 1.165) is 18.5 Å². The highest BCUT2D eigenvalue weighted by Gasteiger charge is 1.94. The third-order valence-corrected chi connectivity index (χ3v) is 1.48. The van der Waals surface area contributed by atoms with E-state index in [1.165, 1.54) is 0 Å². The summed E-state index contributed by atoms with van der Waals surface area (Å²) in [5, 5.41) is 3.47. The maximum atomic E-state index is 4.24. The zero-order valence-electron chi connectivity index (χ0n) is 6.15. The Kier molecular flexibility index (Phi) is 4.68. The van der Waals surface area contributed by atoms with E-state index in [1.807, 2.05) is 7.05 Å². The van der Waals surface area contributed by atoms with Gasteiger partial charge in [-0.05, 0) is 18.1 Å². The summed E-state index contributed by atoms with van der Waals surface area (Å²) >= 11 is 4.24. The first-order valence-electron chi connectivity index (χ1n) is 3.20. The van der Waals surface area contributed by atoms with Crippen molar-refractivity contribution in [2.24, 2.45) is 0 Å². The normalized spacial score (nSPS) is 12.8. The molecule has 0 saturated heterocycles. The minimum absolute atomic E-state index is 0.482. The summed E-state index contributed by atoms with van der Waals surface area (Å²) in [6, 6.07) is 0. The Morgan fingerprint density at radius 2 is 2.33 bits per heavy atom. The highest BCUT2D eigenvalue weighted by molar-refractivity contribution is 7.80. The lowest BCUT2D eigenvalue weighted by atomic mass is 10.2. The van der Waals surface area contributed by atoms with Crippen LogP contribution in [0.3, 0.4) is 0 Å². The average molecular weight is 145 g/mol. The maximum absolute atomic E-state index is 4.24. The van der Waals surface area contributed by atoms with E-state index in [4.69, 9.17) is 0 Å². The van der Waals surface area contributed by atoms with E-state index >= 15 is 0 Å². The summed E-state index contributed by atoms with van der Waals surface area (Å²) in [6.07, 6.45) is 2.13. The second-order valence-electron chi connectivity index (χ2n) is 2.24. The van der Waals surface area contributed by atoms with Crippen LogP contribution < -0.4 is 5.32 Å². The molecule has 1 nitrogen and oxygen atoms in total. The summed E-state index contributed by atoms with van der Waals surface area (Å²) in [6.45, 7) is 5.89. The van der Waals surface area contributed by atoms with Gasteiger partial charge in [0.2, 0.25) is 0 Å². The van der Waals surface area contributed by atoms with Crippen LogP contribution in [-0.2, 0) is 0 Å². The molecule has 0 radical (unpaired) electrons. The first-order valence-corrected chi connectivity index (χ1v) is 3.72. The smallest absolute Gasteiger partial charge is 0.00314 e. The van der Waals surface area contributed by atoms with Crippen LogP contribution >= 0.6 is 12.6 Å². The van der Waals surface area contributed by atoms with Gasteiger partial charge in [-0.2, -0.15) is 12.6 Å². The van der Waals surface area contributed by atoms with Crippen molar-refractivity contribution < 1.29 is 0 Å². The fourth-order valence-corrected chi connectivity index (χ4v) is 0.637. The second-order valence-corrected chi connectivity index (χ2v) is 3.12. The molecular weight excluding hydrogens is 130 g/mol. The van der Waals surface area contributed by atoms with Crippen LogP contribution in [0.25, 0.3) is 0 Å². The molecule has 0 spiro atoms. The van der Waals surface area contributed by atoms with Crippen LogP contribution in [0.15, 0.2) is 12.3 Å². The molecule has 0 aromatic carbocycles. The van der Waals surface area contributed by atoms with Gasteiger partial charge in [-0.3, -0.25) is 0 Å². The molecule has 9 heavy (non-hydrogen) atoms. The Morgan fingerprint density at radius 3 is 2.67 bits per heavy atom. The highest BCUT2D eigenvalue weighted by Crippen LogP contribution is 2.06. The van der Waals surface area contributed by atoms with Gasteiger partial charge in [0.05, 0.1) is 0 Å². The SMILES string of the molecule is C=C(CCC(C)S)NC. The Hall–Kier alpha value is -0.110. The van der Waals surface area contributed by atoms with Crippen molar-refractivity contribution in [3.05, 3.63) is 12.3 Å². The quantitative estimate of drug-likeness (QED) is 0.575. The highest BCUT2D eigenvalue weighted by atomic mass is 32.1. The lowest BCUT2D eigenvalue weighted by Gasteiger charge is -2.05. The third-order valence-electron chi connectivity index (χ3n) is 1.22. The van der Waals surface area contributed by atoms with Crippen LogP contribution in [0, 0.1) is 0 Å². The molecule has 0 aromatic rings. The van der Waals surface area contributed by atoms with Crippen LogP contribution in [0.2, 0.25) is 0 Å². The zero-order valence-corrected chi connectivity index (χ0v) is 7.04. The van der Waals surface area contributed by atoms with Gasteiger partial charge < -0.3 is 5.32 Å². The van der Waals surface area contributed by atoms with Gasteiger partial charge >= 0.3 is 0 Å². The second kappa shape index (κ2) is 4.74. The Morgan fingerprint density at radius 1 is 1.78 bits per heavy atom. The lowest BCUT2D eigenvalue weighted by molar-refractivity contribution is 0.762. The van der Waals surface area contributed by atoms with E-state index in [0.29, 0.717) is 5.25 Å². The maximum Gasteiger partial charge on any atom is 0.00314 e. The van der Waals surface area contributed by atoms with E-state index in [-0.39, 0.29) is 0 Å². The molecular formula is C7H15NS. The molecule has 2 heteroatoms. The van der Waals surface area contributed by atoms with Crippen molar-refractivity contribution >= 4 is 12.6 Å². The summed E-state index contributed by atoms with van der Waals surface area (Å²) in [4.78, 5) is 0. The first kappa shape index (κ1) is 8.89. The Balaban J connectivity index is 3.17. The third kappa shape index (κ3) is 5.77. The summed E-state index contributed by atoms with van der Waals surface area (Å²) in [5.74, 6) is 0. The van der Waals surface area contributed by atoms with Crippen LogP contribution in [0.5, 0.6) is 0 Å². The van der Waals surface area contributed by atoms with E-state index in [9.17, 15) is 0 Å². The summed E-state index contributed by atoms with van der Waals surface area (Å²) in [5.41, 5.74) is 1.09. The molecule has 0 heterocycles. The molecule has 0 fully saturated rings. The van der Waals surface area contributed by atoms with E-state index in [1.54, 1.807) is 0 Å². The van der Waals surface area contributed by atoms with Crippen molar-refractivity contribution in [2.75, 3.05) is 7.05 Å². The van der Waals surface area contributed by atoms with E-state index in [2.05, 4.69) is 31.4 Å².